The van der Waals surface area contributed by atoms with Gasteiger partial charge in [-0.05, 0) is 58.5 Å². The van der Waals surface area contributed by atoms with E-state index in [4.69, 9.17) is 4.42 Å². The van der Waals surface area contributed by atoms with Crippen molar-refractivity contribution in [3.8, 4) is 11.1 Å². The van der Waals surface area contributed by atoms with Gasteiger partial charge in [0.25, 0.3) is 5.69 Å². The van der Waals surface area contributed by atoms with Crippen LogP contribution in [0.3, 0.4) is 0 Å². The summed E-state index contributed by atoms with van der Waals surface area (Å²) in [5.74, 6) is 0. The Kier molecular flexibility index (Phi) is 4.10. The summed E-state index contributed by atoms with van der Waals surface area (Å²) in [5.41, 5.74) is 2.85. The lowest BCUT2D eigenvalue weighted by Crippen LogP contribution is -1.97. The maximum atomic E-state index is 11.3. The highest BCUT2D eigenvalue weighted by atomic mass is 127. The fourth-order valence-electron chi connectivity index (χ4n) is 2.12. The third-order valence-corrected chi connectivity index (χ3v) is 3.82. The Bertz CT molecular complexity index is 816. The van der Waals surface area contributed by atoms with Crippen LogP contribution in [0.4, 0.5) is 17.1 Å². The molecule has 0 bridgehead atoms. The second-order valence-corrected chi connectivity index (χ2v) is 5.88. The number of nitro groups is 1. The van der Waals surface area contributed by atoms with E-state index in [1.54, 1.807) is 30.7 Å². The molecular weight excluding hydrogens is 395 g/mol. The molecule has 0 spiro atoms. The van der Waals surface area contributed by atoms with Crippen molar-refractivity contribution in [3.63, 3.8) is 0 Å². The van der Waals surface area contributed by atoms with E-state index in [1.165, 1.54) is 0 Å². The van der Waals surface area contributed by atoms with Gasteiger partial charge in [-0.15, -0.1) is 0 Å². The van der Waals surface area contributed by atoms with Crippen LogP contribution in [-0.4, -0.2) is 4.92 Å². The van der Waals surface area contributed by atoms with Crippen molar-refractivity contribution >= 4 is 39.7 Å². The van der Waals surface area contributed by atoms with Crippen LogP contribution in [0.25, 0.3) is 11.1 Å². The molecule has 0 aliphatic rings. The van der Waals surface area contributed by atoms with Crippen LogP contribution in [0.15, 0.2) is 65.5 Å². The Morgan fingerprint density at radius 1 is 1.09 bits per heavy atom. The van der Waals surface area contributed by atoms with Crippen LogP contribution in [0.5, 0.6) is 0 Å². The van der Waals surface area contributed by atoms with E-state index < -0.39 is 0 Å². The molecular formula is C16H11IN2O3. The molecule has 0 amide bonds. The van der Waals surface area contributed by atoms with E-state index in [0.717, 1.165) is 20.4 Å². The van der Waals surface area contributed by atoms with Crippen LogP contribution < -0.4 is 5.32 Å². The van der Waals surface area contributed by atoms with E-state index in [2.05, 4.69) is 27.9 Å². The van der Waals surface area contributed by atoms with Crippen molar-refractivity contribution in [1.29, 1.82) is 0 Å². The number of rotatable bonds is 4. The lowest BCUT2D eigenvalue weighted by atomic mass is 10.1. The molecule has 22 heavy (non-hydrogen) atoms. The summed E-state index contributed by atoms with van der Waals surface area (Å²) in [6.45, 7) is 0. The monoisotopic (exact) mass is 406 g/mol. The summed E-state index contributed by atoms with van der Waals surface area (Å²) in [4.78, 5) is 11.0. The maximum absolute atomic E-state index is 11.3. The highest BCUT2D eigenvalue weighted by Gasteiger charge is 2.16. The third-order valence-electron chi connectivity index (χ3n) is 3.15. The fraction of sp³-hybridized carbons (Fsp3) is 0. The molecule has 5 nitrogen and oxygen atoms in total. The molecule has 110 valence electrons. The van der Waals surface area contributed by atoms with E-state index in [9.17, 15) is 10.1 Å². The smallest absolute Gasteiger partial charge is 0.293 e. The van der Waals surface area contributed by atoms with Crippen LogP contribution in [-0.2, 0) is 0 Å². The van der Waals surface area contributed by atoms with Crippen LogP contribution >= 0.6 is 22.6 Å². The topological polar surface area (TPSA) is 68.3 Å². The number of hydrogen-bond donors (Lipinski definition) is 1. The first-order valence-electron chi connectivity index (χ1n) is 6.47. The molecule has 3 aromatic rings. The highest BCUT2D eigenvalue weighted by molar-refractivity contribution is 14.1. The molecule has 0 aliphatic heterocycles. The summed E-state index contributed by atoms with van der Waals surface area (Å²) in [5, 5.41) is 14.4. The Labute approximate surface area is 140 Å². The molecule has 0 fully saturated rings. The van der Waals surface area contributed by atoms with Gasteiger partial charge >= 0.3 is 0 Å². The summed E-state index contributed by atoms with van der Waals surface area (Å²) >= 11 is 2.20. The summed E-state index contributed by atoms with van der Waals surface area (Å²) in [7, 11) is 0. The van der Waals surface area contributed by atoms with E-state index in [-0.39, 0.29) is 10.6 Å². The van der Waals surface area contributed by atoms with Gasteiger partial charge in [0.1, 0.15) is 5.69 Å². The molecule has 0 aliphatic carbocycles. The van der Waals surface area contributed by atoms with E-state index >= 15 is 0 Å². The van der Waals surface area contributed by atoms with Crippen LogP contribution in [0, 0.1) is 13.7 Å². The first-order valence-corrected chi connectivity index (χ1v) is 7.55. The third kappa shape index (κ3) is 3.11. The van der Waals surface area contributed by atoms with Gasteiger partial charge < -0.3 is 9.73 Å². The average Bonchev–Trinajstić information content (AvgIpc) is 3.01. The molecule has 1 heterocycles. The number of benzene rings is 2. The number of nitro benzene ring substituents is 1. The molecule has 3 rings (SSSR count). The SMILES string of the molecule is O=[N+]([O-])c1cc(-c2ccoc2)ccc1Nc1cccc(I)c1. The van der Waals surface area contributed by atoms with Gasteiger partial charge in [0.2, 0.25) is 0 Å². The molecule has 0 unspecified atom stereocenters. The number of nitrogens with zero attached hydrogens (tertiary/aromatic N) is 1. The lowest BCUT2D eigenvalue weighted by molar-refractivity contribution is -0.383. The Morgan fingerprint density at radius 3 is 2.64 bits per heavy atom. The molecule has 0 saturated carbocycles. The van der Waals surface area contributed by atoms with Gasteiger partial charge in [-0.3, -0.25) is 10.1 Å². The minimum atomic E-state index is -0.389. The fourth-order valence-corrected chi connectivity index (χ4v) is 2.66. The minimum Gasteiger partial charge on any atom is -0.472 e. The highest BCUT2D eigenvalue weighted by Crippen LogP contribution is 2.33. The molecule has 2 aromatic carbocycles. The van der Waals surface area contributed by atoms with Crippen molar-refractivity contribution in [2.45, 2.75) is 0 Å². The van der Waals surface area contributed by atoms with Crippen molar-refractivity contribution < 1.29 is 9.34 Å². The molecule has 1 N–H and O–H groups in total. The van der Waals surface area contributed by atoms with Gasteiger partial charge in [-0.25, -0.2) is 0 Å². The predicted octanol–water partition coefficient (Wildman–Crippen LogP) is 5.20. The summed E-state index contributed by atoms with van der Waals surface area (Å²) < 4.78 is 6.08. The summed E-state index contributed by atoms with van der Waals surface area (Å²) in [6.07, 6.45) is 3.10. The number of furan rings is 1. The van der Waals surface area contributed by atoms with Crippen molar-refractivity contribution in [3.05, 3.63) is 74.7 Å². The Balaban J connectivity index is 1.99. The minimum absolute atomic E-state index is 0.0255. The van der Waals surface area contributed by atoms with Crippen LogP contribution in [0.2, 0.25) is 0 Å². The van der Waals surface area contributed by atoms with Gasteiger partial charge in [-0.1, -0.05) is 12.1 Å². The molecule has 1 aromatic heterocycles. The molecule has 0 atom stereocenters. The lowest BCUT2D eigenvalue weighted by Gasteiger charge is -2.08. The second kappa shape index (κ2) is 6.18. The van der Waals surface area contributed by atoms with Crippen molar-refractivity contribution in [2.24, 2.45) is 0 Å². The maximum Gasteiger partial charge on any atom is 0.293 e. The van der Waals surface area contributed by atoms with E-state index in [0.29, 0.717) is 5.69 Å². The standard InChI is InChI=1S/C16H11IN2O3/c17-13-2-1-3-14(9-13)18-15-5-4-11(8-16(15)19(20)21)12-6-7-22-10-12/h1-10,18H. The largest absolute Gasteiger partial charge is 0.472 e. The Hall–Kier alpha value is -2.35. The molecule has 0 saturated heterocycles. The van der Waals surface area contributed by atoms with Crippen molar-refractivity contribution in [2.75, 3.05) is 5.32 Å². The second-order valence-electron chi connectivity index (χ2n) is 4.64. The average molecular weight is 406 g/mol. The quantitative estimate of drug-likeness (QED) is 0.367. The first-order chi connectivity index (χ1) is 10.6. The summed E-state index contributed by atoms with van der Waals surface area (Å²) in [6, 6.07) is 14.5. The zero-order valence-corrected chi connectivity index (χ0v) is 13.5. The van der Waals surface area contributed by atoms with Gasteiger partial charge in [0.15, 0.2) is 0 Å². The van der Waals surface area contributed by atoms with E-state index in [1.807, 2.05) is 30.3 Å². The molecule has 6 heteroatoms. The Morgan fingerprint density at radius 2 is 1.95 bits per heavy atom. The molecule has 0 radical (unpaired) electrons. The first kappa shape index (κ1) is 14.6. The predicted molar refractivity (Wildman–Crippen MR) is 93.2 cm³/mol. The zero-order valence-electron chi connectivity index (χ0n) is 11.3. The number of nitrogens with one attached hydrogen (secondary N) is 1. The number of halogens is 1. The number of hydrogen-bond acceptors (Lipinski definition) is 4. The van der Waals surface area contributed by atoms with Gasteiger partial charge in [0.05, 0.1) is 17.4 Å². The van der Waals surface area contributed by atoms with Gasteiger partial charge in [0, 0.05) is 20.9 Å². The van der Waals surface area contributed by atoms with Gasteiger partial charge in [-0.2, -0.15) is 0 Å². The normalized spacial score (nSPS) is 10.4. The zero-order chi connectivity index (χ0) is 15.5. The van der Waals surface area contributed by atoms with Crippen molar-refractivity contribution in [1.82, 2.24) is 0 Å². The number of anilines is 2. The van der Waals surface area contributed by atoms with Crippen LogP contribution in [0.1, 0.15) is 0 Å².